The first-order valence-corrected chi connectivity index (χ1v) is 9.02. The van der Waals surface area contributed by atoms with Crippen LogP contribution in [0.2, 0.25) is 0 Å². The van der Waals surface area contributed by atoms with E-state index in [-0.39, 0.29) is 0 Å². The number of rotatable bonds is 7. The maximum atomic E-state index is 5.74. The number of thiophene rings is 1. The van der Waals surface area contributed by atoms with Crippen LogP contribution in [-0.4, -0.2) is 22.3 Å². The minimum absolute atomic E-state index is 0.743. The fourth-order valence-electron chi connectivity index (χ4n) is 2.28. The zero-order valence-corrected chi connectivity index (χ0v) is 15.0. The van der Waals surface area contributed by atoms with E-state index in [0.29, 0.717) is 0 Å². The van der Waals surface area contributed by atoms with Gasteiger partial charge in [0, 0.05) is 10.9 Å². The molecule has 2 N–H and O–H groups in total. The van der Waals surface area contributed by atoms with Gasteiger partial charge in [-0.15, -0.1) is 11.3 Å². The predicted molar refractivity (Wildman–Crippen MR) is 101 cm³/mol. The highest BCUT2D eigenvalue weighted by Gasteiger charge is 2.07. The monoisotopic (exact) mass is 342 g/mol. The van der Waals surface area contributed by atoms with E-state index in [1.165, 1.54) is 4.88 Å². The molecule has 0 spiro atoms. The lowest BCUT2D eigenvalue weighted by molar-refractivity contribution is 0.310. The first kappa shape index (κ1) is 16.5. The first-order valence-electron chi connectivity index (χ1n) is 8.14. The third kappa shape index (κ3) is 3.76. The van der Waals surface area contributed by atoms with Crippen LogP contribution in [0.1, 0.15) is 37.4 Å². The van der Waals surface area contributed by atoms with Crippen LogP contribution in [0.25, 0.3) is 11.0 Å². The molecule has 126 valence electrons. The zero-order chi connectivity index (χ0) is 16.9. The molecule has 24 heavy (non-hydrogen) atoms. The Kier molecular flexibility index (Phi) is 5.15. The Morgan fingerprint density at radius 3 is 3.00 bits per heavy atom. The second-order valence-corrected chi connectivity index (χ2v) is 6.79. The fourth-order valence-corrected chi connectivity index (χ4v) is 2.93. The number of hydrogen-bond acceptors (Lipinski definition) is 5. The predicted octanol–water partition coefficient (Wildman–Crippen LogP) is 4.95. The van der Waals surface area contributed by atoms with Crippen molar-refractivity contribution in [1.82, 2.24) is 9.97 Å². The van der Waals surface area contributed by atoms with E-state index in [0.717, 1.165) is 53.5 Å². The quantitative estimate of drug-likeness (QED) is 0.363. The zero-order valence-electron chi connectivity index (χ0n) is 14.2. The van der Waals surface area contributed by atoms with Gasteiger partial charge in [-0.05, 0) is 43.8 Å². The summed E-state index contributed by atoms with van der Waals surface area (Å²) in [5.41, 5.74) is 6.80. The van der Waals surface area contributed by atoms with Crippen molar-refractivity contribution in [2.24, 2.45) is 5.10 Å². The Bertz CT molecular complexity index is 850. The van der Waals surface area contributed by atoms with E-state index in [4.69, 9.17) is 4.74 Å². The van der Waals surface area contributed by atoms with E-state index in [9.17, 15) is 0 Å². The summed E-state index contributed by atoms with van der Waals surface area (Å²) in [6.07, 6.45) is 2.19. The van der Waals surface area contributed by atoms with Crippen LogP contribution in [0.15, 0.2) is 34.7 Å². The standard InChI is InChI=1S/C18H22N4OS/c1-4-5-9-23-14-6-7-16-17(11-14)20-18(19-16)12(2)21-22-15-8-10-24-13(15)3/h6-8,10-11,22H,4-5,9H2,1-3H3,(H,19,20)/b21-12+. The van der Waals surface area contributed by atoms with Gasteiger partial charge in [0.1, 0.15) is 11.5 Å². The number of unbranched alkanes of at least 4 members (excludes halogenated alkanes) is 1. The average Bonchev–Trinajstić information content (AvgIpc) is 3.18. The molecule has 3 aromatic rings. The number of nitrogens with one attached hydrogen (secondary N) is 2. The smallest absolute Gasteiger partial charge is 0.154 e. The molecule has 0 fully saturated rings. The van der Waals surface area contributed by atoms with Gasteiger partial charge in [-0.3, -0.25) is 5.43 Å². The average molecular weight is 342 g/mol. The topological polar surface area (TPSA) is 62.3 Å². The molecule has 0 radical (unpaired) electrons. The van der Waals surface area contributed by atoms with Gasteiger partial charge >= 0.3 is 0 Å². The molecule has 0 unspecified atom stereocenters. The summed E-state index contributed by atoms with van der Waals surface area (Å²) >= 11 is 1.70. The van der Waals surface area contributed by atoms with Crippen LogP contribution < -0.4 is 10.2 Å². The highest BCUT2D eigenvalue weighted by Crippen LogP contribution is 2.21. The van der Waals surface area contributed by atoms with Gasteiger partial charge in [0.25, 0.3) is 0 Å². The number of ether oxygens (including phenoxy) is 1. The van der Waals surface area contributed by atoms with Crippen molar-refractivity contribution in [3.8, 4) is 5.75 Å². The number of imidazole rings is 1. The SMILES string of the molecule is CCCCOc1ccc2nc(/C(C)=N/Nc3ccsc3C)[nH]c2c1. The van der Waals surface area contributed by atoms with Crippen LogP contribution >= 0.6 is 11.3 Å². The molecule has 0 saturated carbocycles. The number of aryl methyl sites for hydroxylation is 1. The molecule has 0 atom stereocenters. The summed E-state index contributed by atoms with van der Waals surface area (Å²) in [6, 6.07) is 7.95. The molecule has 0 bridgehead atoms. The maximum Gasteiger partial charge on any atom is 0.154 e. The molecule has 6 heteroatoms. The van der Waals surface area contributed by atoms with E-state index in [1.807, 2.05) is 36.6 Å². The Morgan fingerprint density at radius 1 is 1.38 bits per heavy atom. The number of anilines is 1. The molecule has 0 amide bonds. The first-order chi connectivity index (χ1) is 11.7. The van der Waals surface area contributed by atoms with Crippen molar-refractivity contribution in [2.45, 2.75) is 33.6 Å². The third-order valence-electron chi connectivity index (χ3n) is 3.77. The van der Waals surface area contributed by atoms with Crippen LogP contribution in [0.5, 0.6) is 5.75 Å². The van der Waals surface area contributed by atoms with Crippen LogP contribution in [0.4, 0.5) is 5.69 Å². The Hall–Kier alpha value is -2.34. The summed E-state index contributed by atoms with van der Waals surface area (Å²) in [5, 5.41) is 6.47. The fraction of sp³-hybridized carbons (Fsp3) is 0.333. The van der Waals surface area contributed by atoms with Gasteiger partial charge in [0.15, 0.2) is 5.82 Å². The maximum absolute atomic E-state index is 5.74. The minimum Gasteiger partial charge on any atom is -0.494 e. The van der Waals surface area contributed by atoms with Crippen molar-refractivity contribution in [1.29, 1.82) is 0 Å². The summed E-state index contributed by atoms with van der Waals surface area (Å²) in [7, 11) is 0. The Labute approximate surface area is 145 Å². The van der Waals surface area contributed by atoms with Gasteiger partial charge in [0.2, 0.25) is 0 Å². The summed E-state index contributed by atoms with van der Waals surface area (Å²) in [6.45, 7) is 6.90. The minimum atomic E-state index is 0.743. The highest BCUT2D eigenvalue weighted by molar-refractivity contribution is 7.10. The third-order valence-corrected chi connectivity index (χ3v) is 4.61. The van der Waals surface area contributed by atoms with Crippen molar-refractivity contribution >= 4 is 33.8 Å². The molecule has 0 aliphatic carbocycles. The molecule has 0 aliphatic rings. The molecule has 5 nitrogen and oxygen atoms in total. The Balaban J connectivity index is 1.75. The summed E-state index contributed by atoms with van der Waals surface area (Å²) in [4.78, 5) is 9.12. The molecule has 0 aliphatic heterocycles. The molecular weight excluding hydrogens is 320 g/mol. The van der Waals surface area contributed by atoms with Crippen molar-refractivity contribution in [3.05, 3.63) is 40.3 Å². The van der Waals surface area contributed by atoms with Gasteiger partial charge in [-0.2, -0.15) is 5.10 Å². The molecular formula is C18H22N4OS. The number of nitrogens with zero attached hydrogens (tertiary/aromatic N) is 2. The Morgan fingerprint density at radius 2 is 2.25 bits per heavy atom. The van der Waals surface area contributed by atoms with Crippen LogP contribution in [0.3, 0.4) is 0 Å². The number of fused-ring (bicyclic) bond motifs is 1. The van der Waals surface area contributed by atoms with Gasteiger partial charge in [-0.25, -0.2) is 4.98 Å². The number of benzene rings is 1. The second kappa shape index (κ2) is 7.49. The number of H-pyrrole nitrogens is 1. The van der Waals surface area contributed by atoms with Crippen molar-refractivity contribution in [2.75, 3.05) is 12.0 Å². The van der Waals surface area contributed by atoms with E-state index in [2.05, 4.69) is 34.3 Å². The van der Waals surface area contributed by atoms with Crippen molar-refractivity contribution in [3.63, 3.8) is 0 Å². The number of aromatic amines is 1. The highest BCUT2D eigenvalue weighted by atomic mass is 32.1. The normalized spacial score (nSPS) is 11.9. The van der Waals surface area contributed by atoms with E-state index < -0.39 is 0 Å². The lowest BCUT2D eigenvalue weighted by Crippen LogP contribution is -2.01. The molecule has 1 aromatic carbocycles. The molecule has 0 saturated heterocycles. The summed E-state index contributed by atoms with van der Waals surface area (Å²) in [5.74, 6) is 1.63. The second-order valence-electron chi connectivity index (χ2n) is 5.67. The number of hydrazone groups is 1. The largest absolute Gasteiger partial charge is 0.494 e. The van der Waals surface area contributed by atoms with Gasteiger partial charge < -0.3 is 9.72 Å². The lowest BCUT2D eigenvalue weighted by Gasteiger charge is -2.04. The number of hydrogen-bond donors (Lipinski definition) is 2. The van der Waals surface area contributed by atoms with E-state index in [1.54, 1.807) is 11.3 Å². The van der Waals surface area contributed by atoms with Crippen molar-refractivity contribution < 1.29 is 4.74 Å². The van der Waals surface area contributed by atoms with Gasteiger partial charge in [0.05, 0.1) is 23.3 Å². The molecule has 2 heterocycles. The van der Waals surface area contributed by atoms with Crippen LogP contribution in [0, 0.1) is 6.92 Å². The molecule has 2 aromatic heterocycles. The molecule has 3 rings (SSSR count). The lowest BCUT2D eigenvalue weighted by atomic mass is 10.3. The summed E-state index contributed by atoms with van der Waals surface area (Å²) < 4.78 is 5.74. The van der Waals surface area contributed by atoms with Crippen LogP contribution in [-0.2, 0) is 0 Å². The number of aromatic nitrogens is 2. The van der Waals surface area contributed by atoms with E-state index >= 15 is 0 Å². The van der Waals surface area contributed by atoms with Gasteiger partial charge in [-0.1, -0.05) is 13.3 Å².